The molecule has 0 saturated carbocycles. The van der Waals surface area contributed by atoms with Gasteiger partial charge in [0.15, 0.2) is 0 Å². The molecule has 0 fully saturated rings. The fraction of sp³-hybridized carbons (Fsp3) is 0.235. The molecule has 0 radical (unpaired) electrons. The molecular weight excluding hydrogens is 264 g/mol. The SMILES string of the molecule is Cc1cc(O)ccc1NC(=O)C1CNCc2ccccc21. The van der Waals surface area contributed by atoms with Gasteiger partial charge >= 0.3 is 0 Å². The molecular formula is C17H18N2O2. The average molecular weight is 282 g/mol. The van der Waals surface area contributed by atoms with Crippen molar-refractivity contribution in [2.45, 2.75) is 19.4 Å². The number of rotatable bonds is 2. The number of hydrogen-bond donors (Lipinski definition) is 3. The molecule has 1 aliphatic rings. The van der Waals surface area contributed by atoms with Gasteiger partial charge < -0.3 is 15.7 Å². The maximum atomic E-state index is 12.6. The number of nitrogens with one attached hydrogen (secondary N) is 2. The van der Waals surface area contributed by atoms with E-state index < -0.39 is 0 Å². The van der Waals surface area contributed by atoms with Gasteiger partial charge in [0.05, 0.1) is 5.92 Å². The summed E-state index contributed by atoms with van der Waals surface area (Å²) in [6.07, 6.45) is 0. The van der Waals surface area contributed by atoms with E-state index >= 15 is 0 Å². The maximum Gasteiger partial charge on any atom is 0.233 e. The molecule has 1 unspecified atom stereocenters. The lowest BCUT2D eigenvalue weighted by Gasteiger charge is -2.25. The first kappa shape index (κ1) is 13.6. The minimum Gasteiger partial charge on any atom is -0.508 e. The summed E-state index contributed by atoms with van der Waals surface area (Å²) >= 11 is 0. The van der Waals surface area contributed by atoms with Crippen LogP contribution in [0.1, 0.15) is 22.6 Å². The molecule has 0 aromatic heterocycles. The number of phenolic OH excluding ortho intramolecular Hbond substituents is 1. The van der Waals surface area contributed by atoms with Gasteiger partial charge in [-0.2, -0.15) is 0 Å². The second-order valence-corrected chi connectivity index (χ2v) is 5.37. The Balaban J connectivity index is 1.83. The first-order valence-electron chi connectivity index (χ1n) is 7.04. The number of fused-ring (bicyclic) bond motifs is 1. The van der Waals surface area contributed by atoms with Crippen molar-refractivity contribution in [2.24, 2.45) is 0 Å². The van der Waals surface area contributed by atoms with Gasteiger partial charge in [-0.25, -0.2) is 0 Å². The third-order valence-electron chi connectivity index (χ3n) is 3.88. The van der Waals surface area contributed by atoms with E-state index in [0.29, 0.717) is 6.54 Å². The lowest BCUT2D eigenvalue weighted by molar-refractivity contribution is -0.117. The third-order valence-corrected chi connectivity index (χ3v) is 3.88. The number of aromatic hydroxyl groups is 1. The van der Waals surface area contributed by atoms with E-state index in [2.05, 4.69) is 10.6 Å². The van der Waals surface area contributed by atoms with Gasteiger partial charge in [0.25, 0.3) is 0 Å². The molecule has 1 aliphatic heterocycles. The highest BCUT2D eigenvalue weighted by Gasteiger charge is 2.26. The number of amides is 1. The van der Waals surface area contributed by atoms with Crippen LogP contribution in [0, 0.1) is 6.92 Å². The van der Waals surface area contributed by atoms with E-state index in [1.807, 2.05) is 31.2 Å². The van der Waals surface area contributed by atoms with E-state index in [4.69, 9.17) is 0 Å². The fourth-order valence-electron chi connectivity index (χ4n) is 2.74. The molecule has 0 saturated heterocycles. The Labute approximate surface area is 123 Å². The third kappa shape index (κ3) is 2.76. The Kier molecular flexibility index (Phi) is 3.62. The molecule has 4 nitrogen and oxygen atoms in total. The molecule has 0 aliphatic carbocycles. The van der Waals surface area contributed by atoms with Crippen LogP contribution in [0.5, 0.6) is 5.75 Å². The van der Waals surface area contributed by atoms with Crippen molar-refractivity contribution >= 4 is 11.6 Å². The molecule has 1 amide bonds. The minimum absolute atomic E-state index is 0.0246. The smallest absolute Gasteiger partial charge is 0.233 e. The van der Waals surface area contributed by atoms with E-state index in [1.54, 1.807) is 18.2 Å². The Morgan fingerprint density at radius 2 is 2.10 bits per heavy atom. The lowest BCUT2D eigenvalue weighted by Crippen LogP contribution is -2.35. The molecule has 1 atom stereocenters. The van der Waals surface area contributed by atoms with Crippen LogP contribution in [-0.2, 0) is 11.3 Å². The molecule has 108 valence electrons. The number of carbonyl (C=O) groups excluding carboxylic acids is 1. The fourth-order valence-corrected chi connectivity index (χ4v) is 2.74. The first-order chi connectivity index (χ1) is 10.1. The standard InChI is InChI=1S/C17H18N2O2/c1-11-8-13(20)6-7-16(11)19-17(21)15-10-18-9-12-4-2-3-5-14(12)15/h2-8,15,18,20H,9-10H2,1H3,(H,19,21). The van der Waals surface area contributed by atoms with Gasteiger partial charge in [-0.05, 0) is 41.8 Å². The summed E-state index contributed by atoms with van der Waals surface area (Å²) in [6.45, 7) is 3.31. The highest BCUT2D eigenvalue weighted by atomic mass is 16.3. The van der Waals surface area contributed by atoms with Gasteiger partial charge in [-0.15, -0.1) is 0 Å². The topological polar surface area (TPSA) is 61.4 Å². The molecule has 0 spiro atoms. The van der Waals surface area contributed by atoms with Crippen molar-refractivity contribution in [3.05, 3.63) is 59.2 Å². The van der Waals surface area contributed by atoms with E-state index in [-0.39, 0.29) is 17.6 Å². The first-order valence-corrected chi connectivity index (χ1v) is 7.04. The van der Waals surface area contributed by atoms with Gasteiger partial charge in [0.1, 0.15) is 5.75 Å². The van der Waals surface area contributed by atoms with Crippen molar-refractivity contribution in [2.75, 3.05) is 11.9 Å². The zero-order valence-corrected chi connectivity index (χ0v) is 11.9. The second kappa shape index (κ2) is 5.58. The van der Waals surface area contributed by atoms with Gasteiger partial charge in [0, 0.05) is 18.8 Å². The second-order valence-electron chi connectivity index (χ2n) is 5.37. The Morgan fingerprint density at radius 3 is 2.90 bits per heavy atom. The van der Waals surface area contributed by atoms with Crippen LogP contribution in [-0.4, -0.2) is 17.6 Å². The number of benzene rings is 2. The van der Waals surface area contributed by atoms with E-state index in [1.165, 1.54) is 5.56 Å². The van der Waals surface area contributed by atoms with Crippen LogP contribution in [0.15, 0.2) is 42.5 Å². The summed E-state index contributed by atoms with van der Waals surface area (Å²) in [5, 5.41) is 15.7. The number of carbonyl (C=O) groups is 1. The van der Waals surface area contributed by atoms with Gasteiger partial charge in [-0.1, -0.05) is 24.3 Å². The minimum atomic E-state index is -0.192. The van der Waals surface area contributed by atoms with Crippen molar-refractivity contribution in [3.63, 3.8) is 0 Å². The van der Waals surface area contributed by atoms with Crippen molar-refractivity contribution in [1.82, 2.24) is 5.32 Å². The Morgan fingerprint density at radius 1 is 1.29 bits per heavy atom. The van der Waals surface area contributed by atoms with Gasteiger partial charge in [-0.3, -0.25) is 4.79 Å². The van der Waals surface area contributed by atoms with Crippen LogP contribution in [0.4, 0.5) is 5.69 Å². The zero-order chi connectivity index (χ0) is 14.8. The molecule has 21 heavy (non-hydrogen) atoms. The van der Waals surface area contributed by atoms with Crippen LogP contribution in [0.25, 0.3) is 0 Å². The molecule has 1 heterocycles. The summed E-state index contributed by atoms with van der Waals surface area (Å²) in [4.78, 5) is 12.6. The monoisotopic (exact) mass is 282 g/mol. The largest absolute Gasteiger partial charge is 0.508 e. The quantitative estimate of drug-likeness (QED) is 0.742. The van der Waals surface area contributed by atoms with Crippen molar-refractivity contribution in [3.8, 4) is 5.75 Å². The van der Waals surface area contributed by atoms with Crippen LogP contribution in [0.2, 0.25) is 0 Å². The Hall–Kier alpha value is -2.33. The number of anilines is 1. The highest BCUT2D eigenvalue weighted by molar-refractivity contribution is 5.97. The predicted molar refractivity (Wildman–Crippen MR) is 82.4 cm³/mol. The summed E-state index contributed by atoms with van der Waals surface area (Å²) < 4.78 is 0. The molecule has 3 rings (SSSR count). The highest BCUT2D eigenvalue weighted by Crippen LogP contribution is 2.26. The lowest BCUT2D eigenvalue weighted by atomic mass is 9.90. The molecule has 2 aromatic carbocycles. The van der Waals surface area contributed by atoms with Crippen molar-refractivity contribution < 1.29 is 9.90 Å². The average Bonchev–Trinajstić information content (AvgIpc) is 2.49. The normalized spacial score (nSPS) is 17.1. The number of aryl methyl sites for hydroxylation is 1. The summed E-state index contributed by atoms with van der Waals surface area (Å²) in [5.74, 6) is -0.0122. The zero-order valence-electron chi connectivity index (χ0n) is 11.9. The summed E-state index contributed by atoms with van der Waals surface area (Å²) in [7, 11) is 0. The van der Waals surface area contributed by atoms with E-state index in [9.17, 15) is 9.90 Å². The van der Waals surface area contributed by atoms with Crippen LogP contribution < -0.4 is 10.6 Å². The maximum absolute atomic E-state index is 12.6. The van der Waals surface area contributed by atoms with Gasteiger partial charge in [0.2, 0.25) is 5.91 Å². The molecule has 4 heteroatoms. The number of hydrogen-bond acceptors (Lipinski definition) is 3. The predicted octanol–water partition coefficient (Wildman–Crippen LogP) is 2.53. The molecule has 2 aromatic rings. The summed E-state index contributed by atoms with van der Waals surface area (Å²) in [5.41, 5.74) is 3.85. The number of phenols is 1. The molecule has 3 N–H and O–H groups in total. The van der Waals surface area contributed by atoms with Crippen molar-refractivity contribution in [1.29, 1.82) is 0 Å². The Bertz CT molecular complexity index is 682. The van der Waals surface area contributed by atoms with Crippen LogP contribution >= 0.6 is 0 Å². The van der Waals surface area contributed by atoms with Crippen LogP contribution in [0.3, 0.4) is 0 Å². The molecule has 0 bridgehead atoms. The van der Waals surface area contributed by atoms with E-state index in [0.717, 1.165) is 23.4 Å². The summed E-state index contributed by atoms with van der Waals surface area (Å²) in [6, 6.07) is 13.0.